The summed E-state index contributed by atoms with van der Waals surface area (Å²) >= 11 is 0. The van der Waals surface area contributed by atoms with E-state index in [4.69, 9.17) is 10.00 Å². The zero-order chi connectivity index (χ0) is 11.8. The molecule has 0 unspecified atom stereocenters. The van der Waals surface area contributed by atoms with Crippen LogP contribution in [0.2, 0.25) is 0 Å². The summed E-state index contributed by atoms with van der Waals surface area (Å²) in [5.41, 5.74) is 0.388. The highest BCUT2D eigenvalue weighted by atomic mass is 16.5. The molecule has 0 aromatic heterocycles. The third-order valence-electron chi connectivity index (χ3n) is 2.44. The van der Waals surface area contributed by atoms with Gasteiger partial charge >= 0.3 is 6.02 Å². The second-order valence-corrected chi connectivity index (χ2v) is 3.40. The van der Waals surface area contributed by atoms with Crippen LogP contribution in [0.4, 0.5) is 0 Å². The first-order valence-electron chi connectivity index (χ1n) is 4.92. The molecule has 6 nitrogen and oxygen atoms in total. The first kappa shape index (κ1) is 9.54. The lowest BCUT2D eigenvalue weighted by Gasteiger charge is -2.31. The number of aliphatic imine (C=N–C) groups is 3. The maximum Gasteiger partial charge on any atom is 0.320 e. The van der Waals surface area contributed by atoms with Crippen LogP contribution in [0.3, 0.4) is 0 Å². The van der Waals surface area contributed by atoms with Gasteiger partial charge in [-0.25, -0.2) is 4.99 Å². The van der Waals surface area contributed by atoms with Crippen molar-refractivity contribution in [3.63, 3.8) is 0 Å². The Bertz CT molecular complexity index is 612. The van der Waals surface area contributed by atoms with Crippen molar-refractivity contribution < 1.29 is 4.74 Å². The van der Waals surface area contributed by atoms with Crippen molar-refractivity contribution >= 4 is 17.7 Å². The van der Waals surface area contributed by atoms with E-state index in [2.05, 4.69) is 21.0 Å². The number of amidine groups is 3. The van der Waals surface area contributed by atoms with Crippen molar-refractivity contribution in [1.29, 1.82) is 5.26 Å². The monoisotopic (exact) mass is 225 g/mol. The quantitative estimate of drug-likeness (QED) is 0.615. The van der Waals surface area contributed by atoms with Crippen LogP contribution in [0, 0.1) is 11.3 Å². The zero-order valence-electron chi connectivity index (χ0n) is 8.95. The van der Waals surface area contributed by atoms with Crippen LogP contribution in [0.15, 0.2) is 50.8 Å². The Morgan fingerprint density at radius 3 is 3.06 bits per heavy atom. The molecule has 0 aromatic carbocycles. The molecule has 0 radical (unpaired) electrons. The molecule has 0 saturated carbocycles. The number of ether oxygens (including phenoxy) is 1. The fourth-order valence-electron chi connectivity index (χ4n) is 1.69. The molecule has 0 N–H and O–H groups in total. The summed E-state index contributed by atoms with van der Waals surface area (Å²) in [6.45, 7) is 0. The van der Waals surface area contributed by atoms with E-state index in [1.807, 2.05) is 18.2 Å². The average Bonchev–Trinajstić information content (AvgIpc) is 2.39. The molecule has 0 amide bonds. The Kier molecular flexibility index (Phi) is 1.92. The summed E-state index contributed by atoms with van der Waals surface area (Å²) in [7, 11) is 1.49. The van der Waals surface area contributed by atoms with Gasteiger partial charge in [-0.2, -0.15) is 15.2 Å². The molecule has 3 rings (SSSR count). The van der Waals surface area contributed by atoms with Gasteiger partial charge in [0.05, 0.1) is 13.3 Å². The molecule has 0 aliphatic carbocycles. The standard InChI is InChI=1S/C11H7N5O/c1-17-11-14-9-4-2-3-8-13-6-7(5-12)10(15-11)16(8)9/h2-4,6H,1H3. The van der Waals surface area contributed by atoms with E-state index in [-0.39, 0.29) is 6.02 Å². The summed E-state index contributed by atoms with van der Waals surface area (Å²) in [6.07, 6.45) is 6.98. The Morgan fingerprint density at radius 2 is 2.29 bits per heavy atom. The van der Waals surface area contributed by atoms with Gasteiger partial charge in [-0.15, -0.1) is 0 Å². The minimum atomic E-state index is 0.236. The van der Waals surface area contributed by atoms with Crippen LogP contribution in [-0.4, -0.2) is 29.7 Å². The average molecular weight is 225 g/mol. The summed E-state index contributed by atoms with van der Waals surface area (Å²) in [6, 6.07) is 2.29. The molecule has 0 atom stereocenters. The molecular formula is C11H7N5O. The minimum Gasteiger partial charge on any atom is -0.467 e. The Hall–Kier alpha value is -2.68. The number of methoxy groups -OCH3 is 1. The molecule has 17 heavy (non-hydrogen) atoms. The molecule has 6 heteroatoms. The smallest absolute Gasteiger partial charge is 0.320 e. The highest BCUT2D eigenvalue weighted by Crippen LogP contribution is 2.25. The van der Waals surface area contributed by atoms with E-state index in [0.717, 1.165) is 0 Å². The van der Waals surface area contributed by atoms with Crippen molar-refractivity contribution in [2.45, 2.75) is 0 Å². The van der Waals surface area contributed by atoms with Crippen molar-refractivity contribution in [2.75, 3.05) is 7.11 Å². The molecule has 0 bridgehead atoms. The first-order valence-corrected chi connectivity index (χ1v) is 4.92. The zero-order valence-corrected chi connectivity index (χ0v) is 8.95. The van der Waals surface area contributed by atoms with Crippen molar-refractivity contribution in [3.05, 3.63) is 35.8 Å². The predicted octanol–water partition coefficient (Wildman–Crippen LogP) is 0.934. The number of nitrogens with zero attached hydrogens (tertiary/aromatic N) is 5. The molecule has 0 saturated heterocycles. The van der Waals surface area contributed by atoms with Gasteiger partial charge < -0.3 is 4.74 Å². The van der Waals surface area contributed by atoms with Gasteiger partial charge in [0.1, 0.15) is 23.3 Å². The van der Waals surface area contributed by atoms with E-state index in [1.165, 1.54) is 13.3 Å². The molecular weight excluding hydrogens is 218 g/mol. The van der Waals surface area contributed by atoms with Gasteiger partial charge in [0.15, 0.2) is 5.84 Å². The fraction of sp³-hybridized carbons (Fsp3) is 0.0909. The molecule has 82 valence electrons. The van der Waals surface area contributed by atoms with Crippen LogP contribution < -0.4 is 0 Å². The highest BCUT2D eigenvalue weighted by Gasteiger charge is 2.31. The molecule has 0 spiro atoms. The summed E-state index contributed by atoms with van der Waals surface area (Å²) in [5, 5.41) is 9.04. The van der Waals surface area contributed by atoms with Gasteiger partial charge in [-0.1, -0.05) is 6.08 Å². The van der Waals surface area contributed by atoms with Crippen LogP contribution in [0.25, 0.3) is 0 Å². The molecule has 0 fully saturated rings. The van der Waals surface area contributed by atoms with E-state index in [0.29, 0.717) is 23.1 Å². The lowest BCUT2D eigenvalue weighted by Crippen LogP contribution is -2.41. The Balaban J connectivity index is 2.22. The molecule has 3 heterocycles. The van der Waals surface area contributed by atoms with Crippen molar-refractivity contribution in [3.8, 4) is 6.07 Å². The third-order valence-corrected chi connectivity index (χ3v) is 2.44. The molecule has 3 aliphatic rings. The minimum absolute atomic E-state index is 0.236. The number of nitriles is 1. The van der Waals surface area contributed by atoms with Gasteiger partial charge in [0, 0.05) is 0 Å². The number of hydrogen-bond donors (Lipinski definition) is 0. The van der Waals surface area contributed by atoms with Crippen molar-refractivity contribution in [1.82, 2.24) is 4.90 Å². The van der Waals surface area contributed by atoms with Gasteiger partial charge in [-0.05, 0) is 12.2 Å². The number of allylic oxidation sites excluding steroid dienone is 2. The highest BCUT2D eigenvalue weighted by molar-refractivity contribution is 6.21. The summed E-state index contributed by atoms with van der Waals surface area (Å²) < 4.78 is 5.02. The van der Waals surface area contributed by atoms with Crippen LogP contribution in [-0.2, 0) is 4.74 Å². The second-order valence-electron chi connectivity index (χ2n) is 3.40. The number of rotatable bonds is 0. The maximum absolute atomic E-state index is 9.04. The third kappa shape index (κ3) is 1.29. The number of hydrogen-bond acceptors (Lipinski definition) is 6. The van der Waals surface area contributed by atoms with Gasteiger partial charge in [0.25, 0.3) is 0 Å². The lowest BCUT2D eigenvalue weighted by atomic mass is 10.1. The van der Waals surface area contributed by atoms with Crippen LogP contribution in [0.5, 0.6) is 0 Å². The SMILES string of the molecule is COC1=NC2=CC=CC3=NC=C(C#N)C(=N1)N23. The van der Waals surface area contributed by atoms with E-state index >= 15 is 0 Å². The van der Waals surface area contributed by atoms with Crippen LogP contribution in [0.1, 0.15) is 0 Å². The van der Waals surface area contributed by atoms with E-state index in [9.17, 15) is 0 Å². The second kappa shape index (κ2) is 3.42. The predicted molar refractivity (Wildman–Crippen MR) is 62.1 cm³/mol. The fourth-order valence-corrected chi connectivity index (χ4v) is 1.69. The van der Waals surface area contributed by atoms with Crippen LogP contribution >= 0.6 is 0 Å². The summed E-state index contributed by atoms with van der Waals surface area (Å²) in [5.74, 6) is 1.84. The topological polar surface area (TPSA) is 73.3 Å². The summed E-state index contributed by atoms with van der Waals surface area (Å²) in [4.78, 5) is 14.3. The molecule has 0 aromatic rings. The Morgan fingerprint density at radius 1 is 1.41 bits per heavy atom. The van der Waals surface area contributed by atoms with Gasteiger partial charge in [0.2, 0.25) is 0 Å². The lowest BCUT2D eigenvalue weighted by molar-refractivity contribution is 0.392. The van der Waals surface area contributed by atoms with Crippen molar-refractivity contribution in [2.24, 2.45) is 15.0 Å². The molecule has 3 aliphatic heterocycles. The normalized spacial score (nSPS) is 20.2. The van der Waals surface area contributed by atoms with Gasteiger partial charge in [-0.3, -0.25) is 4.90 Å². The van der Waals surface area contributed by atoms with E-state index in [1.54, 1.807) is 4.90 Å². The van der Waals surface area contributed by atoms with E-state index < -0.39 is 0 Å². The Labute approximate surface area is 97.3 Å². The largest absolute Gasteiger partial charge is 0.467 e. The first-order chi connectivity index (χ1) is 8.33. The maximum atomic E-state index is 9.04.